The molecule has 3 heteroatoms. The molecule has 0 aliphatic heterocycles. The zero-order valence-electron chi connectivity index (χ0n) is 16.7. The van der Waals surface area contributed by atoms with E-state index in [0.717, 1.165) is 17.5 Å². The summed E-state index contributed by atoms with van der Waals surface area (Å²) in [5, 5.41) is 4.39. The first-order chi connectivity index (χ1) is 14.8. The molecule has 148 valence electrons. The molecule has 1 fully saturated rings. The molecule has 0 unspecified atom stereocenters. The highest BCUT2D eigenvalue weighted by Gasteiger charge is 2.43. The van der Waals surface area contributed by atoms with Crippen LogP contribution in [0.25, 0.3) is 12.2 Å². The molecule has 1 N–H and O–H groups in total. The molecule has 30 heavy (non-hydrogen) atoms. The van der Waals surface area contributed by atoms with E-state index in [1.165, 1.54) is 5.56 Å². The molecule has 0 radical (unpaired) electrons. The van der Waals surface area contributed by atoms with Gasteiger partial charge in [0.05, 0.1) is 5.71 Å². The van der Waals surface area contributed by atoms with Crippen LogP contribution in [0.5, 0.6) is 0 Å². The highest BCUT2D eigenvalue weighted by molar-refractivity contribution is 6.09. The molecule has 2 atom stereocenters. The van der Waals surface area contributed by atoms with Crippen molar-refractivity contribution in [3.05, 3.63) is 120 Å². The highest BCUT2D eigenvalue weighted by atomic mass is 16.2. The summed E-state index contributed by atoms with van der Waals surface area (Å²) in [5.41, 5.74) is 6.83. The largest absolute Gasteiger partial charge is 0.273 e. The second kappa shape index (κ2) is 9.66. The number of benzene rings is 3. The van der Waals surface area contributed by atoms with Gasteiger partial charge in [-0.05, 0) is 41.2 Å². The summed E-state index contributed by atoms with van der Waals surface area (Å²) in [7, 11) is 0. The molecule has 1 aliphatic carbocycles. The summed E-state index contributed by atoms with van der Waals surface area (Å²) < 4.78 is 0. The number of rotatable bonds is 7. The Morgan fingerprint density at radius 2 is 1.27 bits per heavy atom. The predicted octanol–water partition coefficient (Wildman–Crippen LogP) is 5.69. The lowest BCUT2D eigenvalue weighted by Gasteiger charge is -2.02. The van der Waals surface area contributed by atoms with Crippen molar-refractivity contribution in [1.82, 2.24) is 5.43 Å². The van der Waals surface area contributed by atoms with Crippen LogP contribution in [0.2, 0.25) is 0 Å². The molecule has 3 nitrogen and oxygen atoms in total. The van der Waals surface area contributed by atoms with Gasteiger partial charge in [0, 0.05) is 5.92 Å². The molecule has 0 heterocycles. The van der Waals surface area contributed by atoms with Crippen molar-refractivity contribution in [2.45, 2.75) is 12.3 Å². The van der Waals surface area contributed by atoms with Crippen molar-refractivity contribution in [3.63, 3.8) is 0 Å². The maximum absolute atomic E-state index is 12.6. The molecule has 0 saturated heterocycles. The SMILES string of the molecule is O=C(NN=C(/C=C/c1ccccc1)/C=C/c1ccccc1)[C@@H]1C[C@H]1c1ccccc1. The van der Waals surface area contributed by atoms with Crippen LogP contribution < -0.4 is 5.43 Å². The highest BCUT2D eigenvalue weighted by Crippen LogP contribution is 2.47. The van der Waals surface area contributed by atoms with Gasteiger partial charge in [0.15, 0.2) is 0 Å². The molecule has 3 aromatic carbocycles. The van der Waals surface area contributed by atoms with E-state index in [1.54, 1.807) is 0 Å². The van der Waals surface area contributed by atoms with Crippen LogP contribution in [0.3, 0.4) is 0 Å². The van der Waals surface area contributed by atoms with Crippen molar-refractivity contribution in [3.8, 4) is 0 Å². The number of hydrogen-bond donors (Lipinski definition) is 1. The van der Waals surface area contributed by atoms with E-state index in [4.69, 9.17) is 0 Å². The number of hydrogen-bond acceptors (Lipinski definition) is 2. The third kappa shape index (κ3) is 5.42. The Morgan fingerprint density at radius 1 is 0.767 bits per heavy atom. The summed E-state index contributed by atoms with van der Waals surface area (Å²) in [6.07, 6.45) is 8.68. The van der Waals surface area contributed by atoms with E-state index in [9.17, 15) is 4.79 Å². The number of carbonyl (C=O) groups excluding carboxylic acids is 1. The summed E-state index contributed by atoms with van der Waals surface area (Å²) in [5.74, 6) is 0.265. The van der Waals surface area contributed by atoms with E-state index in [-0.39, 0.29) is 11.8 Å². The number of nitrogens with zero attached hydrogens (tertiary/aromatic N) is 1. The van der Waals surface area contributed by atoms with Gasteiger partial charge >= 0.3 is 0 Å². The standard InChI is InChI=1S/C27H24N2O/c30-27(26-20-25(26)23-14-8-3-9-15-23)29-28-24(18-16-21-10-4-1-5-11-21)19-17-22-12-6-2-7-13-22/h1-19,25-26H,20H2,(H,29,30)/b18-16+,19-17+/t25-,26+/m0/s1. The molecule has 0 aromatic heterocycles. The van der Waals surface area contributed by atoms with Gasteiger partial charge in [-0.1, -0.05) is 103 Å². The summed E-state index contributed by atoms with van der Waals surface area (Å²) in [4.78, 5) is 12.6. The second-order valence-electron chi connectivity index (χ2n) is 7.36. The van der Waals surface area contributed by atoms with Crippen molar-refractivity contribution in [2.24, 2.45) is 11.0 Å². The average molecular weight is 393 g/mol. The normalized spacial score (nSPS) is 17.7. The Balaban J connectivity index is 1.46. The zero-order valence-corrected chi connectivity index (χ0v) is 16.7. The molecule has 4 rings (SSSR count). The van der Waals surface area contributed by atoms with Gasteiger partial charge in [-0.3, -0.25) is 4.79 Å². The van der Waals surface area contributed by atoms with Crippen molar-refractivity contribution < 1.29 is 4.79 Å². The van der Waals surface area contributed by atoms with Gasteiger partial charge in [-0.25, -0.2) is 5.43 Å². The lowest BCUT2D eigenvalue weighted by molar-refractivity contribution is -0.122. The molecule has 0 spiro atoms. The Morgan fingerprint density at radius 3 is 1.80 bits per heavy atom. The molecule has 1 aliphatic rings. The number of carbonyl (C=O) groups is 1. The van der Waals surface area contributed by atoms with Gasteiger partial charge in [0.25, 0.3) is 0 Å². The topological polar surface area (TPSA) is 41.5 Å². The Bertz CT molecular complexity index is 1000. The van der Waals surface area contributed by atoms with E-state index in [0.29, 0.717) is 11.6 Å². The molecular formula is C27H24N2O. The van der Waals surface area contributed by atoms with Crippen LogP contribution in [0.1, 0.15) is 29.0 Å². The van der Waals surface area contributed by atoms with Crippen LogP contribution in [-0.4, -0.2) is 11.6 Å². The molecule has 3 aromatic rings. The van der Waals surface area contributed by atoms with Crippen LogP contribution >= 0.6 is 0 Å². The summed E-state index contributed by atoms with van der Waals surface area (Å²) in [6.45, 7) is 0. The lowest BCUT2D eigenvalue weighted by Crippen LogP contribution is -2.21. The fourth-order valence-electron chi connectivity index (χ4n) is 3.38. The third-order valence-electron chi connectivity index (χ3n) is 5.14. The number of allylic oxidation sites excluding steroid dienone is 2. The summed E-state index contributed by atoms with van der Waals surface area (Å²) in [6, 6.07) is 30.3. The first kappa shape index (κ1) is 19.6. The Kier molecular flexibility index (Phi) is 6.31. The first-order valence-corrected chi connectivity index (χ1v) is 10.2. The predicted molar refractivity (Wildman–Crippen MR) is 124 cm³/mol. The molecule has 1 amide bonds. The lowest BCUT2D eigenvalue weighted by atomic mass is 10.1. The average Bonchev–Trinajstić information content (AvgIpc) is 3.61. The van der Waals surface area contributed by atoms with E-state index < -0.39 is 0 Å². The molecule has 1 saturated carbocycles. The quantitative estimate of drug-likeness (QED) is 0.407. The van der Waals surface area contributed by atoms with Gasteiger partial charge in [0.2, 0.25) is 5.91 Å². The Hall–Kier alpha value is -3.72. The second-order valence-corrected chi connectivity index (χ2v) is 7.36. The maximum Gasteiger partial charge on any atom is 0.243 e. The van der Waals surface area contributed by atoms with Crippen LogP contribution in [0, 0.1) is 5.92 Å². The first-order valence-electron chi connectivity index (χ1n) is 10.2. The fourth-order valence-corrected chi connectivity index (χ4v) is 3.38. The number of amides is 1. The van der Waals surface area contributed by atoms with Gasteiger partial charge < -0.3 is 0 Å². The Labute approximate surface area is 177 Å². The van der Waals surface area contributed by atoms with Crippen LogP contribution in [0.15, 0.2) is 108 Å². The van der Waals surface area contributed by atoms with E-state index in [1.807, 2.05) is 103 Å². The molecule has 0 bridgehead atoms. The van der Waals surface area contributed by atoms with Gasteiger partial charge in [-0.15, -0.1) is 0 Å². The van der Waals surface area contributed by atoms with Gasteiger partial charge in [0.1, 0.15) is 0 Å². The minimum absolute atomic E-state index is 0.00592. The minimum atomic E-state index is -0.0254. The number of nitrogens with one attached hydrogen (secondary N) is 1. The van der Waals surface area contributed by atoms with E-state index in [2.05, 4.69) is 22.7 Å². The third-order valence-corrected chi connectivity index (χ3v) is 5.14. The van der Waals surface area contributed by atoms with Crippen molar-refractivity contribution in [2.75, 3.05) is 0 Å². The van der Waals surface area contributed by atoms with E-state index >= 15 is 0 Å². The van der Waals surface area contributed by atoms with Crippen LogP contribution in [0.4, 0.5) is 0 Å². The van der Waals surface area contributed by atoms with Crippen molar-refractivity contribution in [1.29, 1.82) is 0 Å². The maximum atomic E-state index is 12.6. The fraction of sp³-hybridized carbons (Fsp3) is 0.111. The summed E-state index contributed by atoms with van der Waals surface area (Å²) >= 11 is 0. The van der Waals surface area contributed by atoms with Crippen LogP contribution in [-0.2, 0) is 4.79 Å². The van der Waals surface area contributed by atoms with Crippen molar-refractivity contribution >= 4 is 23.8 Å². The minimum Gasteiger partial charge on any atom is -0.273 e. The zero-order chi connectivity index (χ0) is 20.6. The monoisotopic (exact) mass is 392 g/mol. The molecular weight excluding hydrogens is 368 g/mol. The number of hydrazone groups is 1. The smallest absolute Gasteiger partial charge is 0.243 e. The van der Waals surface area contributed by atoms with Gasteiger partial charge in [-0.2, -0.15) is 5.10 Å².